The van der Waals surface area contributed by atoms with Gasteiger partial charge in [-0.1, -0.05) is 11.6 Å². The van der Waals surface area contributed by atoms with Crippen molar-refractivity contribution >= 4 is 11.6 Å². The number of ether oxygens (including phenoxy) is 2. The smallest absolute Gasteiger partial charge is 0.138 e. The number of hydrogen-bond acceptors (Lipinski definition) is 5. The zero-order valence-electron chi connectivity index (χ0n) is 15.2. The van der Waals surface area contributed by atoms with Gasteiger partial charge in [-0.3, -0.25) is 4.98 Å². The molecule has 26 heavy (non-hydrogen) atoms. The van der Waals surface area contributed by atoms with Crippen LogP contribution < -0.4 is 10.1 Å². The van der Waals surface area contributed by atoms with E-state index >= 15 is 0 Å². The summed E-state index contributed by atoms with van der Waals surface area (Å²) in [5.74, 6) is 1.05. The van der Waals surface area contributed by atoms with Crippen molar-refractivity contribution in [2.75, 3.05) is 26.9 Å². The first-order chi connectivity index (χ1) is 12.5. The summed E-state index contributed by atoms with van der Waals surface area (Å²) in [6.07, 6.45) is 1.76. The fourth-order valence-corrected chi connectivity index (χ4v) is 3.72. The summed E-state index contributed by atoms with van der Waals surface area (Å²) in [6, 6.07) is 9.25. The van der Waals surface area contributed by atoms with Gasteiger partial charge in [0.05, 0.1) is 12.8 Å². The molecular formula is C20H25ClN2O3. The highest BCUT2D eigenvalue weighted by atomic mass is 35.5. The third-order valence-electron chi connectivity index (χ3n) is 5.03. The van der Waals surface area contributed by atoms with E-state index in [1.165, 1.54) is 0 Å². The zero-order valence-corrected chi connectivity index (χ0v) is 16.0. The molecule has 3 rings (SSSR count). The van der Waals surface area contributed by atoms with Gasteiger partial charge in [-0.05, 0) is 50.1 Å². The number of nitrogens with zero attached hydrogens (tertiary/aromatic N) is 1. The van der Waals surface area contributed by atoms with Crippen molar-refractivity contribution in [3.63, 3.8) is 0 Å². The lowest BCUT2D eigenvalue weighted by Gasteiger charge is -2.39. The first-order valence-electron chi connectivity index (χ1n) is 8.82. The van der Waals surface area contributed by atoms with Crippen LogP contribution in [0.3, 0.4) is 0 Å². The third-order valence-corrected chi connectivity index (χ3v) is 5.26. The van der Waals surface area contributed by atoms with E-state index in [4.69, 9.17) is 21.1 Å². The molecule has 0 amide bonds. The summed E-state index contributed by atoms with van der Waals surface area (Å²) in [4.78, 5) is 4.42. The fourth-order valence-electron chi connectivity index (χ4n) is 3.55. The molecule has 0 spiro atoms. The van der Waals surface area contributed by atoms with Gasteiger partial charge >= 0.3 is 0 Å². The molecule has 1 aliphatic rings. The Labute approximate surface area is 159 Å². The molecule has 2 N–H and O–H groups in total. The van der Waals surface area contributed by atoms with Crippen LogP contribution in [0.5, 0.6) is 11.5 Å². The average Bonchev–Trinajstić information content (AvgIpc) is 2.65. The Kier molecular flexibility index (Phi) is 6.01. The minimum atomic E-state index is -0.131. The maximum Gasteiger partial charge on any atom is 0.138 e. The molecule has 1 fully saturated rings. The van der Waals surface area contributed by atoms with Gasteiger partial charge < -0.3 is 19.9 Å². The average molecular weight is 377 g/mol. The van der Waals surface area contributed by atoms with Crippen molar-refractivity contribution in [2.24, 2.45) is 0 Å². The summed E-state index contributed by atoms with van der Waals surface area (Å²) in [5.41, 5.74) is 2.51. The predicted octanol–water partition coefficient (Wildman–Crippen LogP) is 3.60. The van der Waals surface area contributed by atoms with Gasteiger partial charge in [0.1, 0.15) is 11.5 Å². The summed E-state index contributed by atoms with van der Waals surface area (Å²) >= 11 is 6.27. The quantitative estimate of drug-likeness (QED) is 0.806. The van der Waals surface area contributed by atoms with E-state index in [1.54, 1.807) is 19.2 Å². The van der Waals surface area contributed by atoms with Crippen molar-refractivity contribution in [1.29, 1.82) is 0 Å². The van der Waals surface area contributed by atoms with Crippen molar-refractivity contribution in [2.45, 2.75) is 31.7 Å². The standard InChI is InChI=1S/C20H25ClN2O3/c1-14-3-5-18(24)17(23-14)12-22-13-20(7-9-26-10-8-20)16-11-15(21)4-6-19(16)25-2/h3-6,11,22,24H,7-10,12-13H2,1-2H3. The number of benzene rings is 1. The summed E-state index contributed by atoms with van der Waals surface area (Å²) in [5, 5.41) is 14.2. The Hall–Kier alpha value is -1.82. The fraction of sp³-hybridized carbons (Fsp3) is 0.450. The third kappa shape index (κ3) is 4.11. The van der Waals surface area contributed by atoms with E-state index < -0.39 is 0 Å². The van der Waals surface area contributed by atoms with Gasteiger partial charge in [0, 0.05) is 48.0 Å². The molecule has 140 valence electrons. The first kappa shape index (κ1) is 19.0. The molecule has 0 unspecified atom stereocenters. The molecule has 1 saturated heterocycles. The minimum absolute atomic E-state index is 0.131. The monoisotopic (exact) mass is 376 g/mol. The lowest BCUT2D eigenvalue weighted by atomic mass is 9.73. The lowest BCUT2D eigenvalue weighted by Crippen LogP contribution is -2.43. The zero-order chi connectivity index (χ0) is 18.6. The van der Waals surface area contributed by atoms with Gasteiger partial charge in [-0.15, -0.1) is 0 Å². The number of methoxy groups -OCH3 is 1. The Morgan fingerprint density at radius 2 is 2.04 bits per heavy atom. The van der Waals surface area contributed by atoms with Crippen LogP contribution in [-0.4, -0.2) is 37.0 Å². The number of hydrogen-bond donors (Lipinski definition) is 2. The van der Waals surface area contributed by atoms with E-state index in [-0.39, 0.29) is 11.2 Å². The lowest BCUT2D eigenvalue weighted by molar-refractivity contribution is 0.0489. The molecule has 6 heteroatoms. The van der Waals surface area contributed by atoms with Crippen molar-refractivity contribution in [3.05, 3.63) is 52.3 Å². The molecule has 0 bridgehead atoms. The number of aromatic nitrogens is 1. The van der Waals surface area contributed by atoms with E-state index in [1.807, 2.05) is 25.1 Å². The van der Waals surface area contributed by atoms with Crippen LogP contribution in [0.25, 0.3) is 0 Å². The molecular weight excluding hydrogens is 352 g/mol. The number of pyridine rings is 1. The number of nitrogens with one attached hydrogen (secondary N) is 1. The van der Waals surface area contributed by atoms with Crippen LogP contribution in [0.4, 0.5) is 0 Å². The molecule has 0 saturated carbocycles. The Morgan fingerprint density at radius 3 is 2.77 bits per heavy atom. The molecule has 0 aliphatic carbocycles. The second kappa shape index (κ2) is 8.25. The van der Waals surface area contributed by atoms with Crippen molar-refractivity contribution in [3.8, 4) is 11.5 Å². The Balaban J connectivity index is 1.82. The Morgan fingerprint density at radius 1 is 1.27 bits per heavy atom. The van der Waals surface area contributed by atoms with Crippen molar-refractivity contribution in [1.82, 2.24) is 10.3 Å². The minimum Gasteiger partial charge on any atom is -0.506 e. The highest BCUT2D eigenvalue weighted by Gasteiger charge is 2.36. The van der Waals surface area contributed by atoms with Gasteiger partial charge in [0.2, 0.25) is 0 Å². The second-order valence-electron chi connectivity index (χ2n) is 6.76. The van der Waals surface area contributed by atoms with Crippen LogP contribution in [0.1, 0.15) is 29.8 Å². The van der Waals surface area contributed by atoms with Crippen LogP contribution in [0.15, 0.2) is 30.3 Å². The Bertz CT molecular complexity index is 761. The van der Waals surface area contributed by atoms with Crippen LogP contribution >= 0.6 is 11.6 Å². The van der Waals surface area contributed by atoms with Gasteiger partial charge in [-0.25, -0.2) is 0 Å². The second-order valence-corrected chi connectivity index (χ2v) is 7.20. The molecule has 5 nitrogen and oxygen atoms in total. The molecule has 0 radical (unpaired) electrons. The van der Waals surface area contributed by atoms with Crippen molar-refractivity contribution < 1.29 is 14.6 Å². The van der Waals surface area contributed by atoms with E-state index in [9.17, 15) is 5.11 Å². The van der Waals surface area contributed by atoms with Gasteiger partial charge in [0.15, 0.2) is 0 Å². The topological polar surface area (TPSA) is 63.6 Å². The van der Waals surface area contributed by atoms with E-state index in [0.29, 0.717) is 30.5 Å². The molecule has 1 aliphatic heterocycles. The van der Waals surface area contributed by atoms with Crippen LogP contribution in [0, 0.1) is 6.92 Å². The van der Waals surface area contributed by atoms with E-state index in [0.717, 1.165) is 36.4 Å². The maximum absolute atomic E-state index is 10.0. The predicted molar refractivity (Wildman–Crippen MR) is 102 cm³/mol. The van der Waals surface area contributed by atoms with Crippen LogP contribution in [-0.2, 0) is 16.7 Å². The van der Waals surface area contributed by atoms with Gasteiger partial charge in [-0.2, -0.15) is 0 Å². The summed E-state index contributed by atoms with van der Waals surface area (Å²) < 4.78 is 11.2. The number of aromatic hydroxyl groups is 1. The van der Waals surface area contributed by atoms with E-state index in [2.05, 4.69) is 10.3 Å². The molecule has 2 aromatic rings. The SMILES string of the molecule is COc1ccc(Cl)cc1C1(CNCc2nc(C)ccc2O)CCOCC1. The maximum atomic E-state index is 10.0. The summed E-state index contributed by atoms with van der Waals surface area (Å²) in [6.45, 7) is 4.54. The summed E-state index contributed by atoms with van der Waals surface area (Å²) in [7, 11) is 1.68. The highest BCUT2D eigenvalue weighted by Crippen LogP contribution is 2.40. The number of rotatable bonds is 6. The molecule has 0 atom stereocenters. The molecule has 1 aromatic carbocycles. The first-order valence-corrected chi connectivity index (χ1v) is 9.20. The largest absolute Gasteiger partial charge is 0.506 e. The number of halogens is 1. The molecule has 1 aromatic heterocycles. The number of aryl methyl sites for hydroxylation is 1. The normalized spacial score (nSPS) is 16.4. The van der Waals surface area contributed by atoms with Crippen LogP contribution in [0.2, 0.25) is 5.02 Å². The molecule has 2 heterocycles. The van der Waals surface area contributed by atoms with Gasteiger partial charge in [0.25, 0.3) is 0 Å². The highest BCUT2D eigenvalue weighted by molar-refractivity contribution is 6.30.